The van der Waals surface area contributed by atoms with Gasteiger partial charge in [-0.05, 0) is 44.9 Å². The lowest BCUT2D eigenvalue weighted by Gasteiger charge is -2.12. The molecule has 28 heavy (non-hydrogen) atoms. The first-order chi connectivity index (χ1) is 13.3. The van der Waals surface area contributed by atoms with Gasteiger partial charge in [0.1, 0.15) is 10.3 Å². The van der Waals surface area contributed by atoms with Crippen LogP contribution in [0.5, 0.6) is 11.5 Å². The van der Waals surface area contributed by atoms with Gasteiger partial charge >= 0.3 is 0 Å². The van der Waals surface area contributed by atoms with E-state index in [2.05, 4.69) is 10.3 Å². The molecule has 3 rings (SSSR count). The molecule has 0 saturated heterocycles. The molecule has 1 N–H and O–H groups in total. The van der Waals surface area contributed by atoms with Gasteiger partial charge in [0.15, 0.2) is 21.3 Å². The van der Waals surface area contributed by atoms with E-state index in [9.17, 15) is 13.2 Å². The maximum Gasteiger partial charge on any atom is 0.238 e. The van der Waals surface area contributed by atoms with Gasteiger partial charge in [0.05, 0.1) is 25.2 Å². The highest BCUT2D eigenvalue weighted by Crippen LogP contribution is 2.34. The maximum atomic E-state index is 12.6. The first kappa shape index (κ1) is 20.6. The second-order valence-corrected chi connectivity index (χ2v) is 9.85. The number of thiazole rings is 1. The normalized spacial score (nSPS) is 15.1. The second kappa shape index (κ2) is 8.48. The summed E-state index contributed by atoms with van der Waals surface area (Å²) >= 11 is 1.35. The Labute approximate surface area is 169 Å². The molecule has 1 aliphatic rings. The van der Waals surface area contributed by atoms with Crippen molar-refractivity contribution in [3.63, 3.8) is 0 Å². The van der Waals surface area contributed by atoms with Crippen LogP contribution in [0.25, 0.3) is 10.6 Å². The third-order valence-corrected chi connectivity index (χ3v) is 7.37. The zero-order valence-electron chi connectivity index (χ0n) is 16.1. The Hall–Kier alpha value is -2.13. The lowest BCUT2D eigenvalue weighted by Crippen LogP contribution is -2.39. The number of sulfone groups is 1. The second-order valence-electron chi connectivity index (χ2n) is 6.67. The van der Waals surface area contributed by atoms with Crippen molar-refractivity contribution in [2.75, 3.05) is 13.7 Å². The highest BCUT2D eigenvalue weighted by atomic mass is 32.2. The zero-order chi connectivity index (χ0) is 20.3. The van der Waals surface area contributed by atoms with Crippen LogP contribution in [0.1, 0.15) is 32.4 Å². The van der Waals surface area contributed by atoms with Crippen LogP contribution in [-0.2, 0) is 20.4 Å². The topological polar surface area (TPSA) is 94.6 Å². The Bertz CT molecular complexity index is 951. The number of benzene rings is 1. The number of hydrogen-bond acceptors (Lipinski definition) is 7. The molecule has 1 amide bonds. The molecule has 1 aromatic carbocycles. The molecule has 1 aliphatic carbocycles. The summed E-state index contributed by atoms with van der Waals surface area (Å²) in [6.45, 7) is 3.85. The Morgan fingerprint density at radius 2 is 2.11 bits per heavy atom. The first-order valence-corrected chi connectivity index (χ1v) is 11.7. The summed E-state index contributed by atoms with van der Waals surface area (Å²) < 4.78 is 36.0. The van der Waals surface area contributed by atoms with E-state index in [1.54, 1.807) is 18.6 Å². The van der Waals surface area contributed by atoms with Crippen LogP contribution in [0.15, 0.2) is 23.6 Å². The minimum Gasteiger partial charge on any atom is -0.493 e. The fraction of sp³-hybridized carbons (Fsp3) is 0.474. The van der Waals surface area contributed by atoms with E-state index in [0.29, 0.717) is 28.8 Å². The molecule has 152 valence electrons. The number of nitrogens with zero attached hydrogens (tertiary/aromatic N) is 1. The Balaban J connectivity index is 1.73. The van der Waals surface area contributed by atoms with Crippen LogP contribution in [0.4, 0.5) is 0 Å². The molecule has 2 aromatic rings. The van der Waals surface area contributed by atoms with Gasteiger partial charge in [0.2, 0.25) is 5.91 Å². The van der Waals surface area contributed by atoms with E-state index < -0.39 is 21.0 Å². The van der Waals surface area contributed by atoms with Crippen LogP contribution < -0.4 is 14.8 Å². The summed E-state index contributed by atoms with van der Waals surface area (Å²) in [5.41, 5.74) is 1.24. The van der Waals surface area contributed by atoms with Crippen molar-refractivity contribution >= 4 is 27.1 Å². The molecule has 1 atom stereocenters. The third-order valence-electron chi connectivity index (χ3n) is 4.44. The number of amides is 1. The Morgan fingerprint density at radius 1 is 1.36 bits per heavy atom. The lowest BCUT2D eigenvalue weighted by molar-refractivity contribution is -0.120. The summed E-state index contributed by atoms with van der Waals surface area (Å²) in [5.74, 6) is 0.531. The molecule has 0 radical (unpaired) electrons. The molecular weight excluding hydrogens is 400 g/mol. The lowest BCUT2D eigenvalue weighted by atomic mass is 10.2. The summed E-state index contributed by atoms with van der Waals surface area (Å²) in [6.07, 6.45) is 1.83. The molecule has 7 nitrogen and oxygen atoms in total. The predicted molar refractivity (Wildman–Crippen MR) is 109 cm³/mol. The molecule has 9 heteroatoms. The maximum absolute atomic E-state index is 12.6. The zero-order valence-corrected chi connectivity index (χ0v) is 17.7. The minimum atomic E-state index is -3.64. The SMILES string of the molecule is CCOc1ccc(-c2nc(CS(=O)(=O)[C@H](C)C(=O)NC3CC3)cs2)cc1OC. The molecule has 0 unspecified atom stereocenters. The van der Waals surface area contributed by atoms with E-state index in [0.717, 1.165) is 18.4 Å². The van der Waals surface area contributed by atoms with Gasteiger partial charge in [-0.2, -0.15) is 0 Å². The van der Waals surface area contributed by atoms with Crippen LogP contribution >= 0.6 is 11.3 Å². The Kier molecular flexibility index (Phi) is 6.24. The summed E-state index contributed by atoms with van der Waals surface area (Å²) in [6, 6.07) is 5.61. The van der Waals surface area contributed by atoms with Crippen molar-refractivity contribution < 1.29 is 22.7 Å². The molecule has 0 aliphatic heterocycles. The summed E-state index contributed by atoms with van der Waals surface area (Å²) in [5, 5.41) is 4.04. The monoisotopic (exact) mass is 424 g/mol. The smallest absolute Gasteiger partial charge is 0.238 e. The van der Waals surface area contributed by atoms with E-state index in [1.165, 1.54) is 18.3 Å². The average Bonchev–Trinajstić information content (AvgIpc) is 3.37. The van der Waals surface area contributed by atoms with Gasteiger partial charge in [-0.3, -0.25) is 4.79 Å². The van der Waals surface area contributed by atoms with Crippen LogP contribution in [-0.4, -0.2) is 44.3 Å². The number of ether oxygens (including phenoxy) is 2. The van der Waals surface area contributed by atoms with Gasteiger partial charge < -0.3 is 14.8 Å². The fourth-order valence-electron chi connectivity index (χ4n) is 2.62. The summed E-state index contributed by atoms with van der Waals surface area (Å²) in [7, 11) is -2.07. The number of carbonyl (C=O) groups excluding carboxylic acids is 1. The van der Waals surface area contributed by atoms with Gasteiger partial charge in [-0.15, -0.1) is 11.3 Å². The van der Waals surface area contributed by atoms with Gasteiger partial charge in [-0.1, -0.05) is 0 Å². The van der Waals surface area contributed by atoms with Crippen molar-refractivity contribution in [3.05, 3.63) is 29.3 Å². The van der Waals surface area contributed by atoms with Crippen LogP contribution in [0.2, 0.25) is 0 Å². The number of methoxy groups -OCH3 is 1. The number of carbonyl (C=O) groups is 1. The molecule has 1 aromatic heterocycles. The molecule has 1 saturated carbocycles. The number of hydrogen-bond donors (Lipinski definition) is 1. The van der Waals surface area contributed by atoms with Crippen molar-refractivity contribution in [2.45, 2.75) is 43.7 Å². The highest BCUT2D eigenvalue weighted by Gasteiger charge is 2.32. The predicted octanol–water partition coefficient (Wildman–Crippen LogP) is 2.80. The molecule has 0 spiro atoms. The van der Waals surface area contributed by atoms with Gasteiger partial charge in [0, 0.05) is 17.0 Å². The number of nitrogens with one attached hydrogen (secondary N) is 1. The number of rotatable bonds is 9. The Morgan fingerprint density at radius 3 is 2.75 bits per heavy atom. The van der Waals surface area contributed by atoms with Crippen molar-refractivity contribution in [1.29, 1.82) is 0 Å². The average molecular weight is 425 g/mol. The van der Waals surface area contributed by atoms with E-state index in [4.69, 9.17) is 9.47 Å². The number of aromatic nitrogens is 1. The van der Waals surface area contributed by atoms with Gasteiger partial charge in [-0.25, -0.2) is 13.4 Å². The molecular formula is C19H24N2O5S2. The van der Waals surface area contributed by atoms with Crippen molar-refractivity contribution in [2.24, 2.45) is 0 Å². The summed E-state index contributed by atoms with van der Waals surface area (Å²) in [4.78, 5) is 16.5. The van der Waals surface area contributed by atoms with E-state index >= 15 is 0 Å². The largest absolute Gasteiger partial charge is 0.493 e. The quantitative estimate of drug-likeness (QED) is 0.665. The van der Waals surface area contributed by atoms with Gasteiger partial charge in [0.25, 0.3) is 0 Å². The fourth-order valence-corrected chi connectivity index (χ4v) is 4.75. The molecule has 1 fully saturated rings. The van der Waals surface area contributed by atoms with E-state index in [-0.39, 0.29) is 11.8 Å². The third kappa shape index (κ3) is 4.82. The van der Waals surface area contributed by atoms with Crippen molar-refractivity contribution in [1.82, 2.24) is 10.3 Å². The molecule has 0 bridgehead atoms. The minimum absolute atomic E-state index is 0.130. The van der Waals surface area contributed by atoms with Crippen molar-refractivity contribution in [3.8, 4) is 22.1 Å². The standard InChI is InChI=1S/C19H24N2O5S2/c1-4-26-16-8-5-13(9-17(16)25-3)19-21-15(10-27-19)11-28(23,24)12(2)18(22)20-14-6-7-14/h5,8-10,12,14H,4,6-7,11H2,1-3H3,(H,20,22)/t12-/m1/s1. The highest BCUT2D eigenvalue weighted by molar-refractivity contribution is 7.92. The molecule has 1 heterocycles. The first-order valence-electron chi connectivity index (χ1n) is 9.11. The van der Waals surface area contributed by atoms with Crippen LogP contribution in [0.3, 0.4) is 0 Å². The van der Waals surface area contributed by atoms with E-state index in [1.807, 2.05) is 19.1 Å². The van der Waals surface area contributed by atoms with Crippen LogP contribution in [0, 0.1) is 0 Å².